The van der Waals surface area contributed by atoms with Gasteiger partial charge >= 0.3 is 0 Å². The molecule has 13 heavy (non-hydrogen) atoms. The Labute approximate surface area is 76.0 Å². The third-order valence-electron chi connectivity index (χ3n) is 1.48. The predicted octanol–water partition coefficient (Wildman–Crippen LogP) is 0.936. The molecule has 0 aromatic heterocycles. The van der Waals surface area contributed by atoms with Gasteiger partial charge in [0, 0.05) is 5.56 Å². The molecule has 0 saturated heterocycles. The van der Waals surface area contributed by atoms with E-state index in [1.54, 1.807) is 0 Å². The zero-order valence-electron chi connectivity index (χ0n) is 6.81. The molecule has 69 valence electrons. The lowest BCUT2D eigenvalue weighted by Crippen LogP contribution is -2.05. The Morgan fingerprint density at radius 1 is 1.54 bits per heavy atom. The maximum Gasteiger partial charge on any atom is 0.295 e. The van der Waals surface area contributed by atoms with Crippen molar-refractivity contribution in [2.45, 2.75) is 11.8 Å². The molecule has 0 saturated carbocycles. The second-order valence-corrected chi connectivity index (χ2v) is 3.84. The average molecular weight is 199 g/mol. The van der Waals surface area contributed by atoms with E-state index >= 15 is 0 Å². The van der Waals surface area contributed by atoms with Crippen molar-refractivity contribution in [2.75, 3.05) is 0 Å². The van der Waals surface area contributed by atoms with E-state index in [2.05, 4.69) is 6.07 Å². The molecule has 1 radical (unpaired) electrons. The molecular weight excluding hydrogens is 192 g/mol. The first-order chi connectivity index (χ1) is 5.93. The average Bonchev–Trinajstić information content (AvgIpc) is 2.03. The number of hydrogen-bond acceptors (Lipinski definition) is 3. The van der Waals surface area contributed by atoms with Gasteiger partial charge in [-0.1, -0.05) is 6.07 Å². The standard InChI is InChI=1S/C8H7O4S/c1-6(9)7-4-2-3-5-8(7)13(10,11)12/h3-5H,1H3,(H,10,11,12). The van der Waals surface area contributed by atoms with Crippen LogP contribution in [0.15, 0.2) is 23.1 Å². The molecule has 5 heteroatoms. The Morgan fingerprint density at radius 3 is 2.54 bits per heavy atom. The largest absolute Gasteiger partial charge is 0.295 e. The first-order valence-corrected chi connectivity index (χ1v) is 4.85. The van der Waals surface area contributed by atoms with E-state index in [1.807, 2.05) is 0 Å². The molecule has 0 aliphatic rings. The monoisotopic (exact) mass is 199 g/mol. The summed E-state index contributed by atoms with van der Waals surface area (Å²) in [5.41, 5.74) is -0.0509. The van der Waals surface area contributed by atoms with Crippen LogP contribution >= 0.6 is 0 Å². The number of carbonyl (C=O) groups excluding carboxylic acids is 1. The predicted molar refractivity (Wildman–Crippen MR) is 45.1 cm³/mol. The fourth-order valence-electron chi connectivity index (χ4n) is 0.916. The summed E-state index contributed by atoms with van der Waals surface area (Å²) in [5.74, 6) is -0.426. The number of rotatable bonds is 2. The molecule has 1 N–H and O–H groups in total. The highest BCUT2D eigenvalue weighted by molar-refractivity contribution is 7.86. The molecule has 0 aliphatic heterocycles. The SMILES string of the molecule is CC(=O)c1c[c]ccc1S(=O)(=O)O. The van der Waals surface area contributed by atoms with Crippen LogP contribution in [0.25, 0.3) is 0 Å². The Bertz CT molecular complexity index is 433. The summed E-state index contributed by atoms with van der Waals surface area (Å²) >= 11 is 0. The number of carbonyl (C=O) groups is 1. The van der Waals surface area contributed by atoms with Gasteiger partial charge in [0.15, 0.2) is 5.78 Å². The molecule has 0 heterocycles. The minimum absolute atomic E-state index is 0.0509. The minimum Gasteiger partial charge on any atom is -0.294 e. The van der Waals surface area contributed by atoms with Crippen molar-refractivity contribution < 1.29 is 17.8 Å². The van der Waals surface area contributed by atoms with Gasteiger partial charge in [-0.25, -0.2) is 0 Å². The molecule has 0 fully saturated rings. The van der Waals surface area contributed by atoms with Gasteiger partial charge in [0.25, 0.3) is 10.1 Å². The van der Waals surface area contributed by atoms with Gasteiger partial charge < -0.3 is 0 Å². The molecule has 0 atom stereocenters. The smallest absolute Gasteiger partial charge is 0.294 e. The van der Waals surface area contributed by atoms with Gasteiger partial charge in [0.1, 0.15) is 4.90 Å². The molecule has 1 aromatic carbocycles. The summed E-state index contributed by atoms with van der Waals surface area (Å²) in [4.78, 5) is 10.5. The summed E-state index contributed by atoms with van der Waals surface area (Å²) in [6.45, 7) is 1.22. The normalized spacial score (nSPS) is 11.2. The van der Waals surface area contributed by atoms with Crippen LogP contribution in [0.3, 0.4) is 0 Å². The molecule has 0 unspecified atom stereocenters. The van der Waals surface area contributed by atoms with Crippen LogP contribution in [-0.2, 0) is 10.1 Å². The van der Waals surface area contributed by atoms with Crippen LogP contribution in [0, 0.1) is 6.07 Å². The first-order valence-electron chi connectivity index (χ1n) is 3.41. The lowest BCUT2D eigenvalue weighted by Gasteiger charge is -2.01. The van der Waals surface area contributed by atoms with E-state index in [0.29, 0.717) is 0 Å². The zero-order valence-corrected chi connectivity index (χ0v) is 7.63. The lowest BCUT2D eigenvalue weighted by atomic mass is 10.1. The summed E-state index contributed by atoms with van der Waals surface area (Å²) in [7, 11) is -4.32. The molecule has 0 amide bonds. The topological polar surface area (TPSA) is 71.4 Å². The molecule has 4 nitrogen and oxygen atoms in total. The van der Waals surface area contributed by atoms with Crippen LogP contribution < -0.4 is 0 Å². The highest BCUT2D eigenvalue weighted by atomic mass is 32.2. The van der Waals surface area contributed by atoms with E-state index in [0.717, 1.165) is 6.07 Å². The second-order valence-electron chi connectivity index (χ2n) is 2.45. The van der Waals surface area contributed by atoms with Gasteiger partial charge in [0.2, 0.25) is 0 Å². The van der Waals surface area contributed by atoms with Crippen molar-refractivity contribution in [3.8, 4) is 0 Å². The molecule has 1 aromatic rings. The van der Waals surface area contributed by atoms with Crippen molar-refractivity contribution in [1.82, 2.24) is 0 Å². The van der Waals surface area contributed by atoms with Gasteiger partial charge in [0.05, 0.1) is 0 Å². The van der Waals surface area contributed by atoms with E-state index in [9.17, 15) is 13.2 Å². The van der Waals surface area contributed by atoms with Crippen molar-refractivity contribution in [2.24, 2.45) is 0 Å². The van der Waals surface area contributed by atoms with Gasteiger partial charge in [-0.15, -0.1) is 0 Å². The maximum absolute atomic E-state index is 10.9. The van der Waals surface area contributed by atoms with Gasteiger partial charge in [-0.2, -0.15) is 8.42 Å². The summed E-state index contributed by atoms with van der Waals surface area (Å²) in [6, 6.07) is 6.23. The van der Waals surface area contributed by atoms with Crippen molar-refractivity contribution in [3.63, 3.8) is 0 Å². The highest BCUT2D eigenvalue weighted by Gasteiger charge is 2.16. The fourth-order valence-corrected chi connectivity index (χ4v) is 1.64. The van der Waals surface area contributed by atoms with Crippen molar-refractivity contribution >= 4 is 15.9 Å². The van der Waals surface area contributed by atoms with Crippen LogP contribution in [0.4, 0.5) is 0 Å². The summed E-state index contributed by atoms with van der Waals surface area (Å²) < 4.78 is 30.2. The zero-order chi connectivity index (χ0) is 10.1. The minimum atomic E-state index is -4.32. The first kappa shape index (κ1) is 9.88. The Kier molecular flexibility index (Phi) is 2.49. The van der Waals surface area contributed by atoms with Crippen LogP contribution in [0.1, 0.15) is 17.3 Å². The number of ketones is 1. The van der Waals surface area contributed by atoms with Crippen LogP contribution in [0.2, 0.25) is 0 Å². The number of benzene rings is 1. The third-order valence-corrected chi connectivity index (χ3v) is 2.39. The maximum atomic E-state index is 10.9. The quantitative estimate of drug-likeness (QED) is 0.568. The number of hydrogen-bond donors (Lipinski definition) is 1. The van der Waals surface area contributed by atoms with E-state index in [4.69, 9.17) is 4.55 Å². The second kappa shape index (κ2) is 3.27. The molecule has 0 spiro atoms. The Hall–Kier alpha value is -1.20. The summed E-state index contributed by atoms with van der Waals surface area (Å²) in [6.07, 6.45) is 0. The van der Waals surface area contributed by atoms with Crippen molar-refractivity contribution in [3.05, 3.63) is 29.8 Å². The van der Waals surface area contributed by atoms with Crippen LogP contribution in [-0.4, -0.2) is 18.8 Å². The molecular formula is C8H7O4S. The number of Topliss-reactive ketones (excluding diaryl/α,β-unsaturated/α-hetero) is 1. The summed E-state index contributed by atoms with van der Waals surface area (Å²) in [5, 5.41) is 0. The molecule has 0 aliphatic carbocycles. The molecule has 1 rings (SSSR count). The highest BCUT2D eigenvalue weighted by Crippen LogP contribution is 2.14. The van der Waals surface area contributed by atoms with E-state index in [-0.39, 0.29) is 10.5 Å². The lowest BCUT2D eigenvalue weighted by molar-refractivity contribution is 0.101. The van der Waals surface area contributed by atoms with Crippen molar-refractivity contribution in [1.29, 1.82) is 0 Å². The Morgan fingerprint density at radius 2 is 2.15 bits per heavy atom. The van der Waals surface area contributed by atoms with E-state index in [1.165, 1.54) is 19.1 Å². The van der Waals surface area contributed by atoms with Gasteiger partial charge in [-0.05, 0) is 25.1 Å². The van der Waals surface area contributed by atoms with Gasteiger partial charge in [-0.3, -0.25) is 9.35 Å². The van der Waals surface area contributed by atoms with E-state index < -0.39 is 15.9 Å². The van der Waals surface area contributed by atoms with Crippen LogP contribution in [0.5, 0.6) is 0 Å². The Balaban J connectivity index is 3.46. The third kappa shape index (κ3) is 2.13. The molecule has 0 bridgehead atoms. The fraction of sp³-hybridized carbons (Fsp3) is 0.125.